The summed E-state index contributed by atoms with van der Waals surface area (Å²) in [6.07, 6.45) is 4.50. The fourth-order valence-corrected chi connectivity index (χ4v) is 2.21. The first-order valence-electron chi connectivity index (χ1n) is 6.68. The van der Waals surface area contributed by atoms with Gasteiger partial charge in [0.1, 0.15) is 17.5 Å². The van der Waals surface area contributed by atoms with E-state index >= 15 is 0 Å². The molecule has 18 heavy (non-hydrogen) atoms. The molecule has 1 aromatic rings. The van der Waals surface area contributed by atoms with E-state index in [1.54, 1.807) is 0 Å². The maximum Gasteiger partial charge on any atom is 0.145 e. The molecule has 0 aliphatic heterocycles. The number of rotatable bonds is 6. The molecule has 1 heterocycles. The highest BCUT2D eigenvalue weighted by atomic mass is 15.3. The van der Waals surface area contributed by atoms with Crippen LogP contribution in [0, 0.1) is 5.92 Å². The molecule has 1 aliphatic carbocycles. The minimum Gasteiger partial charge on any atom is -0.365 e. The third-order valence-corrected chi connectivity index (χ3v) is 3.44. The Hall–Kier alpha value is -1.36. The largest absolute Gasteiger partial charge is 0.365 e. The Balaban J connectivity index is 2.17. The summed E-state index contributed by atoms with van der Waals surface area (Å²) >= 11 is 0. The molecule has 0 amide bonds. The summed E-state index contributed by atoms with van der Waals surface area (Å²) in [6.45, 7) is 6.57. The highest BCUT2D eigenvalue weighted by molar-refractivity contribution is 5.48. The van der Waals surface area contributed by atoms with Crippen LogP contribution in [0.5, 0.6) is 0 Å². The van der Waals surface area contributed by atoms with Crippen LogP contribution in [0.3, 0.4) is 0 Å². The van der Waals surface area contributed by atoms with Crippen molar-refractivity contribution in [2.75, 3.05) is 10.7 Å². The zero-order valence-electron chi connectivity index (χ0n) is 11.5. The summed E-state index contributed by atoms with van der Waals surface area (Å²) in [5, 5.41) is 3.51. The number of hydrogen-bond acceptors (Lipinski definition) is 5. The van der Waals surface area contributed by atoms with Gasteiger partial charge >= 0.3 is 0 Å². The summed E-state index contributed by atoms with van der Waals surface area (Å²) < 4.78 is 0. The van der Waals surface area contributed by atoms with Gasteiger partial charge in [-0.25, -0.2) is 15.8 Å². The van der Waals surface area contributed by atoms with Crippen LogP contribution in [-0.2, 0) is 6.42 Å². The Labute approximate surface area is 109 Å². The summed E-state index contributed by atoms with van der Waals surface area (Å²) in [4.78, 5) is 8.89. The lowest BCUT2D eigenvalue weighted by atomic mass is 9.99. The first-order chi connectivity index (χ1) is 8.55. The smallest absolute Gasteiger partial charge is 0.145 e. The van der Waals surface area contributed by atoms with Crippen LogP contribution in [-0.4, -0.2) is 15.5 Å². The lowest BCUT2D eigenvalue weighted by Crippen LogP contribution is -2.34. The van der Waals surface area contributed by atoms with Crippen LogP contribution in [0.2, 0.25) is 0 Å². The van der Waals surface area contributed by atoms with Crippen molar-refractivity contribution in [2.45, 2.75) is 52.0 Å². The Morgan fingerprint density at radius 1 is 1.33 bits per heavy atom. The molecule has 5 heteroatoms. The number of aryl methyl sites for hydroxylation is 1. The fourth-order valence-electron chi connectivity index (χ4n) is 2.21. The molecule has 0 unspecified atom stereocenters. The predicted molar refractivity (Wildman–Crippen MR) is 74.3 cm³/mol. The van der Waals surface area contributed by atoms with Crippen molar-refractivity contribution in [1.82, 2.24) is 9.97 Å². The Kier molecular flexibility index (Phi) is 3.71. The number of aromatic nitrogens is 2. The number of nitrogens with one attached hydrogen (secondary N) is 2. The number of nitrogen functional groups attached to an aromatic ring is 1. The van der Waals surface area contributed by atoms with Gasteiger partial charge in [0.05, 0.1) is 0 Å². The molecule has 1 fully saturated rings. The fraction of sp³-hybridized carbons (Fsp3) is 0.692. The second-order valence-corrected chi connectivity index (χ2v) is 5.57. The van der Waals surface area contributed by atoms with Gasteiger partial charge in [0.2, 0.25) is 0 Å². The first-order valence-corrected chi connectivity index (χ1v) is 6.68. The van der Waals surface area contributed by atoms with Crippen molar-refractivity contribution < 1.29 is 0 Å². The third-order valence-electron chi connectivity index (χ3n) is 3.44. The number of hydrazine groups is 1. The van der Waals surface area contributed by atoms with E-state index in [1.807, 2.05) is 6.07 Å². The van der Waals surface area contributed by atoms with Gasteiger partial charge in [0.15, 0.2) is 0 Å². The van der Waals surface area contributed by atoms with Crippen molar-refractivity contribution in [3.63, 3.8) is 0 Å². The number of nitrogens with two attached hydrogens (primary N) is 1. The number of anilines is 2. The lowest BCUT2D eigenvalue weighted by molar-refractivity contribution is 0.492. The van der Waals surface area contributed by atoms with Gasteiger partial charge in [-0.15, -0.1) is 0 Å². The number of nitrogens with zero attached hydrogens (tertiary/aromatic N) is 2. The SMILES string of the molecule is CCCc1nc(NN)cc(NC(C)(C)C2CC2)n1. The summed E-state index contributed by atoms with van der Waals surface area (Å²) in [7, 11) is 0. The standard InChI is InChI=1S/C13H23N5/c1-4-5-10-15-11(8-12(16-10)18-14)17-13(2,3)9-6-7-9/h8-9H,4-7,14H2,1-3H3,(H2,15,16,17,18). The molecule has 100 valence electrons. The van der Waals surface area contributed by atoms with Crippen molar-refractivity contribution in [3.05, 3.63) is 11.9 Å². The van der Waals surface area contributed by atoms with Gasteiger partial charge in [-0.2, -0.15) is 0 Å². The second kappa shape index (κ2) is 5.10. The molecule has 0 spiro atoms. The van der Waals surface area contributed by atoms with E-state index in [9.17, 15) is 0 Å². The van der Waals surface area contributed by atoms with E-state index in [0.717, 1.165) is 30.4 Å². The molecule has 1 aliphatic rings. The van der Waals surface area contributed by atoms with E-state index in [-0.39, 0.29) is 5.54 Å². The summed E-state index contributed by atoms with van der Waals surface area (Å²) in [5.41, 5.74) is 2.69. The molecule has 0 radical (unpaired) electrons. The van der Waals surface area contributed by atoms with Crippen molar-refractivity contribution >= 4 is 11.6 Å². The molecular formula is C13H23N5. The Morgan fingerprint density at radius 2 is 2.00 bits per heavy atom. The topological polar surface area (TPSA) is 75.9 Å². The maximum absolute atomic E-state index is 5.45. The van der Waals surface area contributed by atoms with E-state index < -0.39 is 0 Å². The molecule has 0 bridgehead atoms. The molecule has 5 nitrogen and oxygen atoms in total. The molecule has 0 atom stereocenters. The zero-order valence-corrected chi connectivity index (χ0v) is 11.5. The predicted octanol–water partition coefficient (Wildman–Crippen LogP) is 2.32. The van der Waals surface area contributed by atoms with Crippen LogP contribution in [0.1, 0.15) is 45.9 Å². The molecule has 1 saturated carbocycles. The second-order valence-electron chi connectivity index (χ2n) is 5.57. The quantitative estimate of drug-likeness (QED) is 0.533. The molecule has 0 aromatic carbocycles. The molecule has 4 N–H and O–H groups in total. The van der Waals surface area contributed by atoms with Crippen molar-refractivity contribution in [1.29, 1.82) is 0 Å². The zero-order chi connectivity index (χ0) is 13.2. The lowest BCUT2D eigenvalue weighted by Gasteiger charge is -2.27. The van der Waals surface area contributed by atoms with Gasteiger partial charge in [0.25, 0.3) is 0 Å². The van der Waals surface area contributed by atoms with E-state index in [0.29, 0.717) is 5.82 Å². The highest BCUT2D eigenvalue weighted by Crippen LogP contribution is 2.40. The maximum atomic E-state index is 5.45. The minimum absolute atomic E-state index is 0.0870. The molecule has 2 rings (SSSR count). The average molecular weight is 249 g/mol. The number of hydrogen-bond donors (Lipinski definition) is 3. The van der Waals surface area contributed by atoms with Gasteiger partial charge in [-0.1, -0.05) is 6.92 Å². The third kappa shape index (κ3) is 3.10. The highest BCUT2D eigenvalue weighted by Gasteiger charge is 2.37. The first kappa shape index (κ1) is 13.1. The minimum atomic E-state index is 0.0870. The molecule has 1 aromatic heterocycles. The Bertz CT molecular complexity index is 412. The Morgan fingerprint density at radius 3 is 2.56 bits per heavy atom. The normalized spacial score (nSPS) is 15.6. The summed E-state index contributed by atoms with van der Waals surface area (Å²) in [6, 6.07) is 1.86. The van der Waals surface area contributed by atoms with Crippen molar-refractivity contribution in [3.8, 4) is 0 Å². The van der Waals surface area contributed by atoms with Gasteiger partial charge in [-0.3, -0.25) is 0 Å². The van der Waals surface area contributed by atoms with E-state index in [2.05, 4.69) is 41.5 Å². The van der Waals surface area contributed by atoms with Crippen LogP contribution in [0.15, 0.2) is 6.07 Å². The van der Waals surface area contributed by atoms with Crippen LogP contribution in [0.25, 0.3) is 0 Å². The molecular weight excluding hydrogens is 226 g/mol. The monoisotopic (exact) mass is 249 g/mol. The average Bonchev–Trinajstić information content (AvgIpc) is 3.12. The van der Waals surface area contributed by atoms with Crippen LogP contribution >= 0.6 is 0 Å². The molecule has 0 saturated heterocycles. The van der Waals surface area contributed by atoms with Gasteiger partial charge < -0.3 is 10.7 Å². The van der Waals surface area contributed by atoms with Crippen LogP contribution < -0.4 is 16.6 Å². The van der Waals surface area contributed by atoms with E-state index in [4.69, 9.17) is 5.84 Å². The van der Waals surface area contributed by atoms with Crippen LogP contribution in [0.4, 0.5) is 11.6 Å². The van der Waals surface area contributed by atoms with E-state index in [1.165, 1.54) is 12.8 Å². The van der Waals surface area contributed by atoms with Gasteiger partial charge in [-0.05, 0) is 39.0 Å². The summed E-state index contributed by atoms with van der Waals surface area (Å²) in [5.74, 6) is 8.56. The van der Waals surface area contributed by atoms with Crippen molar-refractivity contribution in [2.24, 2.45) is 11.8 Å². The van der Waals surface area contributed by atoms with Gasteiger partial charge in [0, 0.05) is 18.0 Å².